The van der Waals surface area contributed by atoms with E-state index in [4.69, 9.17) is 5.73 Å². The summed E-state index contributed by atoms with van der Waals surface area (Å²) in [6, 6.07) is 0.519. The molecule has 0 aromatic carbocycles. The molecule has 3 atom stereocenters. The molecule has 0 aliphatic heterocycles. The van der Waals surface area contributed by atoms with Crippen LogP contribution < -0.4 is 5.73 Å². The van der Waals surface area contributed by atoms with Crippen LogP contribution in [0.3, 0.4) is 0 Å². The standard InChI is InChI=1S/C12H21N/c13-12-8-4-7-11(12)9-10-5-2-1-3-6-10/h1-2,10-12H,3-9,13H2. The highest BCUT2D eigenvalue weighted by Crippen LogP contribution is 2.33. The van der Waals surface area contributed by atoms with E-state index in [9.17, 15) is 0 Å². The molecule has 1 saturated carbocycles. The summed E-state index contributed by atoms with van der Waals surface area (Å²) in [4.78, 5) is 0. The van der Waals surface area contributed by atoms with Crippen LogP contribution in [-0.4, -0.2) is 6.04 Å². The van der Waals surface area contributed by atoms with Gasteiger partial charge >= 0.3 is 0 Å². The zero-order valence-corrected chi connectivity index (χ0v) is 8.41. The lowest BCUT2D eigenvalue weighted by Crippen LogP contribution is -2.26. The van der Waals surface area contributed by atoms with E-state index in [-0.39, 0.29) is 0 Å². The van der Waals surface area contributed by atoms with Crippen molar-refractivity contribution in [1.82, 2.24) is 0 Å². The first-order valence-corrected chi connectivity index (χ1v) is 5.77. The van der Waals surface area contributed by atoms with Crippen LogP contribution in [0.4, 0.5) is 0 Å². The third-order valence-electron chi connectivity index (χ3n) is 3.73. The van der Waals surface area contributed by atoms with Crippen molar-refractivity contribution in [3.63, 3.8) is 0 Å². The lowest BCUT2D eigenvalue weighted by Gasteiger charge is -2.23. The first-order valence-electron chi connectivity index (χ1n) is 5.77. The molecule has 0 heterocycles. The van der Waals surface area contributed by atoms with E-state index in [1.165, 1.54) is 44.9 Å². The van der Waals surface area contributed by atoms with Gasteiger partial charge in [0.15, 0.2) is 0 Å². The molecule has 2 rings (SSSR count). The molecule has 0 saturated heterocycles. The first-order chi connectivity index (χ1) is 6.36. The Hall–Kier alpha value is -0.300. The number of rotatable bonds is 2. The summed E-state index contributed by atoms with van der Waals surface area (Å²) in [6.45, 7) is 0. The zero-order valence-electron chi connectivity index (χ0n) is 8.41. The Balaban J connectivity index is 1.79. The normalized spacial score (nSPS) is 39.6. The molecule has 1 fully saturated rings. The SMILES string of the molecule is NC1CCCC1CC1CC=CCC1. The Morgan fingerprint density at radius 1 is 1.15 bits per heavy atom. The topological polar surface area (TPSA) is 26.0 Å². The largest absolute Gasteiger partial charge is 0.327 e. The summed E-state index contributed by atoms with van der Waals surface area (Å²) in [5.41, 5.74) is 6.08. The van der Waals surface area contributed by atoms with E-state index in [0.29, 0.717) is 6.04 Å². The second kappa shape index (κ2) is 4.28. The summed E-state index contributed by atoms with van der Waals surface area (Å²) in [7, 11) is 0. The van der Waals surface area contributed by atoms with Gasteiger partial charge in [-0.3, -0.25) is 0 Å². The summed E-state index contributed by atoms with van der Waals surface area (Å²) in [5, 5.41) is 0. The van der Waals surface area contributed by atoms with E-state index in [1.807, 2.05) is 0 Å². The maximum Gasteiger partial charge on any atom is 0.00672 e. The van der Waals surface area contributed by atoms with E-state index in [1.54, 1.807) is 0 Å². The lowest BCUT2D eigenvalue weighted by molar-refractivity contribution is 0.331. The van der Waals surface area contributed by atoms with Crippen molar-refractivity contribution in [3.8, 4) is 0 Å². The van der Waals surface area contributed by atoms with Gasteiger partial charge in [-0.15, -0.1) is 0 Å². The predicted molar refractivity (Wildman–Crippen MR) is 56.4 cm³/mol. The van der Waals surface area contributed by atoms with Crippen LogP contribution in [0.25, 0.3) is 0 Å². The molecular formula is C12H21N. The molecular weight excluding hydrogens is 158 g/mol. The van der Waals surface area contributed by atoms with Crippen LogP contribution in [0.5, 0.6) is 0 Å². The molecule has 2 aliphatic carbocycles. The van der Waals surface area contributed by atoms with Crippen LogP contribution in [0.1, 0.15) is 44.9 Å². The van der Waals surface area contributed by atoms with Gasteiger partial charge < -0.3 is 5.73 Å². The monoisotopic (exact) mass is 179 g/mol. The molecule has 3 unspecified atom stereocenters. The second-order valence-corrected chi connectivity index (χ2v) is 4.74. The fourth-order valence-electron chi connectivity index (χ4n) is 2.86. The minimum absolute atomic E-state index is 0.519. The van der Waals surface area contributed by atoms with Gasteiger partial charge in [0.25, 0.3) is 0 Å². The fourth-order valence-corrected chi connectivity index (χ4v) is 2.86. The smallest absolute Gasteiger partial charge is 0.00672 e. The summed E-state index contributed by atoms with van der Waals surface area (Å²) < 4.78 is 0. The summed E-state index contributed by atoms with van der Waals surface area (Å²) in [5.74, 6) is 1.79. The number of nitrogens with two attached hydrogens (primary N) is 1. The van der Waals surface area contributed by atoms with Crippen molar-refractivity contribution in [2.24, 2.45) is 17.6 Å². The maximum absolute atomic E-state index is 6.08. The highest BCUT2D eigenvalue weighted by molar-refractivity contribution is 4.92. The van der Waals surface area contributed by atoms with E-state index in [2.05, 4.69) is 12.2 Å². The van der Waals surface area contributed by atoms with E-state index < -0.39 is 0 Å². The molecule has 0 spiro atoms. The zero-order chi connectivity index (χ0) is 9.10. The van der Waals surface area contributed by atoms with Crippen LogP contribution >= 0.6 is 0 Å². The van der Waals surface area contributed by atoms with Gasteiger partial charge in [-0.2, -0.15) is 0 Å². The third-order valence-corrected chi connectivity index (χ3v) is 3.73. The van der Waals surface area contributed by atoms with Crippen LogP contribution in [0, 0.1) is 11.8 Å². The predicted octanol–water partition coefficient (Wildman–Crippen LogP) is 2.86. The highest BCUT2D eigenvalue weighted by Gasteiger charge is 2.26. The molecule has 2 aliphatic rings. The molecule has 0 amide bonds. The summed E-state index contributed by atoms with van der Waals surface area (Å²) in [6.07, 6.45) is 14.1. The van der Waals surface area contributed by atoms with Crippen molar-refractivity contribution in [2.75, 3.05) is 0 Å². The van der Waals surface area contributed by atoms with Gasteiger partial charge in [0.1, 0.15) is 0 Å². The summed E-state index contributed by atoms with van der Waals surface area (Å²) >= 11 is 0. The van der Waals surface area contributed by atoms with Crippen molar-refractivity contribution in [2.45, 2.75) is 51.0 Å². The van der Waals surface area contributed by atoms with Crippen molar-refractivity contribution >= 4 is 0 Å². The quantitative estimate of drug-likeness (QED) is 0.648. The van der Waals surface area contributed by atoms with E-state index in [0.717, 1.165) is 11.8 Å². The molecule has 0 radical (unpaired) electrons. The molecule has 1 heteroatoms. The van der Waals surface area contributed by atoms with Crippen molar-refractivity contribution in [3.05, 3.63) is 12.2 Å². The minimum Gasteiger partial charge on any atom is -0.327 e. The van der Waals surface area contributed by atoms with Crippen LogP contribution in [0.15, 0.2) is 12.2 Å². The Morgan fingerprint density at radius 2 is 2.08 bits per heavy atom. The number of hydrogen-bond acceptors (Lipinski definition) is 1. The second-order valence-electron chi connectivity index (χ2n) is 4.74. The molecule has 13 heavy (non-hydrogen) atoms. The number of allylic oxidation sites excluding steroid dienone is 2. The van der Waals surface area contributed by atoms with Crippen LogP contribution in [0.2, 0.25) is 0 Å². The minimum atomic E-state index is 0.519. The highest BCUT2D eigenvalue weighted by atomic mass is 14.7. The van der Waals surface area contributed by atoms with E-state index >= 15 is 0 Å². The van der Waals surface area contributed by atoms with Crippen molar-refractivity contribution < 1.29 is 0 Å². The van der Waals surface area contributed by atoms with Gasteiger partial charge in [-0.1, -0.05) is 18.6 Å². The fraction of sp³-hybridized carbons (Fsp3) is 0.833. The van der Waals surface area contributed by atoms with Gasteiger partial charge in [-0.05, 0) is 50.4 Å². The molecule has 0 aromatic heterocycles. The first kappa shape index (κ1) is 9.26. The Labute approximate surface area is 81.4 Å². The molecule has 74 valence electrons. The average molecular weight is 179 g/mol. The maximum atomic E-state index is 6.08. The molecule has 0 bridgehead atoms. The van der Waals surface area contributed by atoms with Gasteiger partial charge in [0.05, 0.1) is 0 Å². The third kappa shape index (κ3) is 2.34. The van der Waals surface area contributed by atoms with Gasteiger partial charge in [-0.25, -0.2) is 0 Å². The van der Waals surface area contributed by atoms with Crippen LogP contribution in [-0.2, 0) is 0 Å². The molecule has 2 N–H and O–H groups in total. The average Bonchev–Trinajstić information content (AvgIpc) is 2.54. The lowest BCUT2D eigenvalue weighted by atomic mass is 9.84. The molecule has 1 nitrogen and oxygen atoms in total. The van der Waals surface area contributed by atoms with Gasteiger partial charge in [0, 0.05) is 6.04 Å². The Bertz CT molecular complexity index is 186. The Kier molecular flexibility index (Phi) is 3.05. The van der Waals surface area contributed by atoms with Gasteiger partial charge in [0.2, 0.25) is 0 Å². The molecule has 0 aromatic rings. The number of hydrogen-bond donors (Lipinski definition) is 1. The van der Waals surface area contributed by atoms with Crippen molar-refractivity contribution in [1.29, 1.82) is 0 Å². The Morgan fingerprint density at radius 3 is 2.69 bits per heavy atom.